The van der Waals surface area contributed by atoms with E-state index in [0.29, 0.717) is 0 Å². The van der Waals surface area contributed by atoms with Gasteiger partial charge in [0.1, 0.15) is 0 Å². The molecule has 0 aliphatic heterocycles. The lowest BCUT2D eigenvalue weighted by Gasteiger charge is -2.51. The second kappa shape index (κ2) is 5.27. The molecule has 5 aliphatic rings. The Morgan fingerprint density at radius 3 is 1.67 bits per heavy atom. The van der Waals surface area contributed by atoms with Gasteiger partial charge in [-0.25, -0.2) is 0 Å². The molecule has 0 spiro atoms. The molecule has 0 saturated heterocycles. The lowest BCUT2D eigenvalue weighted by atomic mass is 9.54. The van der Waals surface area contributed by atoms with Crippen LogP contribution in [0.25, 0.3) is 0 Å². The first-order chi connectivity index (χ1) is 10.4. The topological polar surface area (TPSA) is 0 Å². The summed E-state index contributed by atoms with van der Waals surface area (Å²) in [5.41, 5.74) is 0. The molecule has 0 aromatic rings. The van der Waals surface area contributed by atoms with Crippen molar-refractivity contribution in [2.75, 3.05) is 0 Å². The van der Waals surface area contributed by atoms with Crippen molar-refractivity contribution >= 4 is 0 Å². The van der Waals surface area contributed by atoms with E-state index in [1.807, 2.05) is 0 Å². The van der Waals surface area contributed by atoms with E-state index in [0.717, 1.165) is 17.8 Å². The maximum absolute atomic E-state index is 1.68. The largest absolute Gasteiger partial charge is 0.0530 e. The van der Waals surface area contributed by atoms with Crippen LogP contribution < -0.4 is 0 Å². The summed E-state index contributed by atoms with van der Waals surface area (Å²) in [5.74, 6) is 9.33. The third-order valence-electron chi connectivity index (χ3n) is 8.91. The first-order valence-corrected chi connectivity index (χ1v) is 10.4. The van der Waals surface area contributed by atoms with E-state index in [4.69, 9.17) is 0 Å². The van der Waals surface area contributed by atoms with Crippen LogP contribution in [0.15, 0.2) is 0 Å². The van der Waals surface area contributed by atoms with Crippen LogP contribution in [0.2, 0.25) is 0 Å². The Bertz CT molecular complexity index is 383. The van der Waals surface area contributed by atoms with Crippen molar-refractivity contribution in [1.29, 1.82) is 0 Å². The summed E-state index contributed by atoms with van der Waals surface area (Å²) in [5, 5.41) is 0. The maximum Gasteiger partial charge on any atom is -0.0352 e. The Hall–Kier alpha value is 0. The fourth-order valence-corrected chi connectivity index (χ4v) is 8.16. The Morgan fingerprint density at radius 1 is 0.333 bits per heavy atom. The summed E-state index contributed by atoms with van der Waals surface area (Å²) in [6.45, 7) is 0. The monoisotopic (exact) mass is 286 g/mol. The van der Waals surface area contributed by atoms with E-state index < -0.39 is 0 Å². The predicted molar refractivity (Wildman–Crippen MR) is 87.9 cm³/mol. The molecule has 5 fully saturated rings. The van der Waals surface area contributed by atoms with E-state index >= 15 is 0 Å². The van der Waals surface area contributed by atoms with Crippen LogP contribution in [-0.4, -0.2) is 0 Å². The van der Waals surface area contributed by atoms with Gasteiger partial charge in [-0.3, -0.25) is 0 Å². The van der Waals surface area contributed by atoms with Crippen molar-refractivity contribution in [2.45, 2.75) is 83.5 Å². The third kappa shape index (κ3) is 2.14. The molecule has 0 aromatic carbocycles. The van der Waals surface area contributed by atoms with Gasteiger partial charge in [-0.2, -0.15) is 0 Å². The molecule has 118 valence electrons. The maximum atomic E-state index is 1.68. The molecule has 0 amide bonds. The van der Waals surface area contributed by atoms with Gasteiger partial charge in [-0.05, 0) is 92.3 Å². The molecule has 0 heterocycles. The smallest absolute Gasteiger partial charge is 0.0352 e. The molecule has 0 bridgehead atoms. The molecule has 5 rings (SSSR count). The zero-order valence-corrected chi connectivity index (χ0v) is 13.8. The van der Waals surface area contributed by atoms with Gasteiger partial charge in [0.15, 0.2) is 0 Å². The van der Waals surface area contributed by atoms with Crippen LogP contribution in [0, 0.1) is 47.3 Å². The molecule has 0 nitrogen and oxygen atoms in total. The van der Waals surface area contributed by atoms with Gasteiger partial charge in [0.05, 0.1) is 0 Å². The van der Waals surface area contributed by atoms with Crippen molar-refractivity contribution in [2.24, 2.45) is 47.3 Å². The molecule has 0 radical (unpaired) electrons. The standard InChI is InChI=1S/C21H34/c1-3-7-18-14(5-1)9-10-16-12-17-11-15-6-2-4-8-19(15)21(17)13-20(16)18/h14-21H,1-13H2. The molecule has 0 heteroatoms. The summed E-state index contributed by atoms with van der Waals surface area (Å²) in [4.78, 5) is 0. The molecule has 0 aromatic heterocycles. The molecular formula is C21H34. The summed E-state index contributed by atoms with van der Waals surface area (Å²) in [7, 11) is 0. The molecular weight excluding hydrogens is 252 g/mol. The summed E-state index contributed by atoms with van der Waals surface area (Å²) >= 11 is 0. The Balaban J connectivity index is 1.37. The van der Waals surface area contributed by atoms with Gasteiger partial charge in [-0.15, -0.1) is 0 Å². The zero-order valence-electron chi connectivity index (χ0n) is 13.8. The minimum atomic E-state index is 1.15. The van der Waals surface area contributed by atoms with E-state index in [1.165, 1.54) is 29.6 Å². The van der Waals surface area contributed by atoms with E-state index in [2.05, 4.69) is 0 Å². The van der Waals surface area contributed by atoms with Gasteiger partial charge in [0.25, 0.3) is 0 Å². The first kappa shape index (κ1) is 13.4. The van der Waals surface area contributed by atoms with Crippen molar-refractivity contribution < 1.29 is 0 Å². The normalized spacial score (nSPS) is 56.0. The number of hydrogen-bond acceptors (Lipinski definition) is 0. The van der Waals surface area contributed by atoms with Crippen LogP contribution in [-0.2, 0) is 0 Å². The average Bonchev–Trinajstić information content (AvgIpc) is 2.90. The van der Waals surface area contributed by atoms with E-state index in [-0.39, 0.29) is 0 Å². The molecule has 0 N–H and O–H groups in total. The third-order valence-corrected chi connectivity index (χ3v) is 8.91. The molecule has 21 heavy (non-hydrogen) atoms. The summed E-state index contributed by atoms with van der Waals surface area (Å²) in [6.07, 6.45) is 20.8. The van der Waals surface area contributed by atoms with Crippen LogP contribution in [0.5, 0.6) is 0 Å². The highest BCUT2D eigenvalue weighted by Gasteiger charge is 2.52. The highest BCUT2D eigenvalue weighted by Crippen LogP contribution is 2.61. The van der Waals surface area contributed by atoms with Crippen molar-refractivity contribution in [3.05, 3.63) is 0 Å². The second-order valence-corrected chi connectivity index (χ2v) is 9.55. The molecule has 8 unspecified atom stereocenters. The van der Waals surface area contributed by atoms with Crippen LogP contribution >= 0.6 is 0 Å². The minimum Gasteiger partial charge on any atom is -0.0530 e. The summed E-state index contributed by atoms with van der Waals surface area (Å²) < 4.78 is 0. The highest BCUT2D eigenvalue weighted by atomic mass is 14.6. The number of rotatable bonds is 0. The van der Waals surface area contributed by atoms with Gasteiger partial charge in [0, 0.05) is 0 Å². The van der Waals surface area contributed by atoms with Crippen LogP contribution in [0.1, 0.15) is 83.5 Å². The Kier molecular flexibility index (Phi) is 3.38. The van der Waals surface area contributed by atoms with Crippen molar-refractivity contribution in [3.63, 3.8) is 0 Å². The van der Waals surface area contributed by atoms with E-state index in [9.17, 15) is 0 Å². The van der Waals surface area contributed by atoms with Crippen LogP contribution in [0.3, 0.4) is 0 Å². The zero-order chi connectivity index (χ0) is 13.8. The number of hydrogen-bond donors (Lipinski definition) is 0. The molecule has 8 atom stereocenters. The van der Waals surface area contributed by atoms with Gasteiger partial charge >= 0.3 is 0 Å². The number of fused-ring (bicyclic) bond motifs is 6. The lowest BCUT2D eigenvalue weighted by Crippen LogP contribution is -2.42. The predicted octanol–water partition coefficient (Wildman–Crippen LogP) is 6.06. The first-order valence-electron chi connectivity index (χ1n) is 10.4. The lowest BCUT2D eigenvalue weighted by molar-refractivity contribution is -0.0152. The Labute approximate surface area is 131 Å². The SMILES string of the molecule is C1CCC2C(C1)CCC1CC3CC4CCCCC4C3CC12. The fourth-order valence-electron chi connectivity index (χ4n) is 8.16. The minimum absolute atomic E-state index is 1.15. The van der Waals surface area contributed by atoms with Crippen LogP contribution in [0.4, 0.5) is 0 Å². The second-order valence-electron chi connectivity index (χ2n) is 9.55. The van der Waals surface area contributed by atoms with Gasteiger partial charge in [-0.1, -0.05) is 38.5 Å². The fraction of sp³-hybridized carbons (Fsp3) is 1.00. The van der Waals surface area contributed by atoms with Crippen molar-refractivity contribution in [3.8, 4) is 0 Å². The quantitative estimate of drug-likeness (QED) is 0.508. The molecule has 5 aliphatic carbocycles. The van der Waals surface area contributed by atoms with Crippen molar-refractivity contribution in [1.82, 2.24) is 0 Å². The van der Waals surface area contributed by atoms with Gasteiger partial charge in [0.2, 0.25) is 0 Å². The van der Waals surface area contributed by atoms with E-state index in [1.54, 1.807) is 83.5 Å². The highest BCUT2D eigenvalue weighted by molar-refractivity contribution is 5.01. The Morgan fingerprint density at radius 2 is 0.857 bits per heavy atom. The van der Waals surface area contributed by atoms with Gasteiger partial charge < -0.3 is 0 Å². The molecule has 5 saturated carbocycles. The average molecular weight is 287 g/mol. The summed E-state index contributed by atoms with van der Waals surface area (Å²) in [6, 6.07) is 0.